The normalized spacial score (nSPS) is 27.9. The van der Waals surface area contributed by atoms with Gasteiger partial charge in [-0.15, -0.1) is 0 Å². The van der Waals surface area contributed by atoms with Crippen LogP contribution in [0, 0.1) is 23.7 Å². The topological polar surface area (TPSA) is 129 Å². The summed E-state index contributed by atoms with van der Waals surface area (Å²) >= 11 is 19.8. The number of ether oxygens (including phenoxy) is 1. The summed E-state index contributed by atoms with van der Waals surface area (Å²) in [4.78, 5) is 64.4. The first-order valence-electron chi connectivity index (χ1n) is 18.1. The lowest BCUT2D eigenvalue weighted by atomic mass is 9.49. The van der Waals surface area contributed by atoms with Crippen LogP contribution in [0.4, 0.5) is 19.0 Å². The summed E-state index contributed by atoms with van der Waals surface area (Å²) in [5, 5.41) is 11.6. The van der Waals surface area contributed by atoms with Gasteiger partial charge in [-0.2, -0.15) is 18.2 Å². The number of phenolic OH excluding ortho intramolecular Hbond substituents is 1. The summed E-state index contributed by atoms with van der Waals surface area (Å²) in [6.45, 7) is 0. The Bertz CT molecular complexity index is 2220. The largest absolute Gasteiger partial charge is 0.503 e. The molecule has 2 saturated heterocycles. The molecule has 5 aliphatic rings. The molecule has 0 bridgehead atoms. The number of rotatable bonds is 6. The third-order valence-electron chi connectivity index (χ3n) is 12.2. The van der Waals surface area contributed by atoms with E-state index < -0.39 is 63.6 Å². The zero-order chi connectivity index (χ0) is 40.0. The number of fused-ring (bicyclic) bond motifs is 4. The summed E-state index contributed by atoms with van der Waals surface area (Å²) in [5.74, 6) is -6.96. The number of pyridine rings is 1. The highest BCUT2D eigenvalue weighted by atomic mass is 79.9. The molecule has 3 aliphatic carbocycles. The van der Waals surface area contributed by atoms with Crippen molar-refractivity contribution in [3.8, 4) is 11.5 Å². The van der Waals surface area contributed by atoms with Gasteiger partial charge in [-0.1, -0.05) is 66.2 Å². The van der Waals surface area contributed by atoms with Gasteiger partial charge in [0.05, 0.1) is 45.3 Å². The number of carbonyl (C=O) groups excluding carboxylic acids is 4. The summed E-state index contributed by atoms with van der Waals surface area (Å²) in [6, 6.07) is 8.45. The fourth-order valence-corrected chi connectivity index (χ4v) is 11.1. The molecule has 0 spiro atoms. The second-order valence-electron chi connectivity index (χ2n) is 14.9. The molecule has 6 unspecified atom stereocenters. The number of hydrazine groups is 1. The predicted molar refractivity (Wildman–Crippen MR) is 206 cm³/mol. The van der Waals surface area contributed by atoms with Crippen LogP contribution in [0.2, 0.25) is 10.0 Å². The molecule has 8 rings (SSSR count). The van der Waals surface area contributed by atoms with Crippen LogP contribution in [0.1, 0.15) is 67.6 Å². The summed E-state index contributed by atoms with van der Waals surface area (Å²) in [6.07, 6.45) is 2.16. The van der Waals surface area contributed by atoms with Crippen LogP contribution < -0.4 is 10.2 Å². The minimum atomic E-state index is -4.75. The van der Waals surface area contributed by atoms with E-state index in [1.165, 1.54) is 12.0 Å². The van der Waals surface area contributed by atoms with Gasteiger partial charge < -0.3 is 9.84 Å². The fourth-order valence-electron chi connectivity index (χ4n) is 9.83. The number of allylic oxidation sites excluding steroid dienone is 2. The molecular weight excluding hydrogens is 908 g/mol. The number of nitrogens with one attached hydrogen (secondary N) is 1. The van der Waals surface area contributed by atoms with E-state index in [-0.39, 0.29) is 52.5 Å². The Morgan fingerprint density at radius 1 is 0.964 bits per heavy atom. The molecule has 2 aliphatic heterocycles. The van der Waals surface area contributed by atoms with E-state index in [1.807, 2.05) is 6.08 Å². The van der Waals surface area contributed by atoms with Crippen LogP contribution in [0.3, 0.4) is 0 Å². The molecule has 2 saturated carbocycles. The maximum atomic E-state index is 15.5. The number of nitrogens with zero attached hydrogens (tertiary/aromatic N) is 3. The first-order chi connectivity index (χ1) is 26.6. The number of halogens is 7. The molecule has 10 nitrogen and oxygen atoms in total. The highest BCUT2D eigenvalue weighted by Gasteiger charge is 2.71. The molecule has 294 valence electrons. The fraction of sp³-hybridized carbons (Fsp3) is 0.410. The standard InChI is InChI=1S/C39H33Br2Cl2F3N4O6/c1-56-27-15-24(30(40)31(41)32(27)51)29-21-11-12-22-28(36(54)49(34(22)52)20-5-3-2-4-6-20)23(21)14-25-35(53)50(37(55)38(25,29)17-7-9-19(42)10-8-17)48-33-26(43)13-18(16-47-33)39(44,45)46/h7-11,13,15-16,20,22-23,25,28-29,51H,2-6,12,14H2,1H3,(H,47,48). The number of alkyl halides is 3. The highest BCUT2D eigenvalue weighted by molar-refractivity contribution is 9.13. The van der Waals surface area contributed by atoms with Crippen LogP contribution >= 0.6 is 55.1 Å². The monoisotopic (exact) mass is 938 g/mol. The zero-order valence-electron chi connectivity index (χ0n) is 29.5. The van der Waals surface area contributed by atoms with E-state index in [0.717, 1.165) is 37.1 Å². The van der Waals surface area contributed by atoms with Crippen molar-refractivity contribution < 1.29 is 42.2 Å². The van der Waals surface area contributed by atoms with Gasteiger partial charge in [0.2, 0.25) is 11.8 Å². The van der Waals surface area contributed by atoms with Gasteiger partial charge in [0, 0.05) is 27.7 Å². The van der Waals surface area contributed by atoms with Crippen LogP contribution in [-0.4, -0.2) is 56.8 Å². The number of imide groups is 2. The van der Waals surface area contributed by atoms with Crippen molar-refractivity contribution >= 4 is 84.5 Å². The number of amides is 4. The Hall–Kier alpha value is -3.66. The lowest BCUT2D eigenvalue weighted by molar-refractivity contribution is -0.144. The average molecular weight is 941 g/mol. The van der Waals surface area contributed by atoms with Crippen molar-refractivity contribution in [3.05, 3.63) is 89.9 Å². The Morgan fingerprint density at radius 2 is 1.66 bits per heavy atom. The number of anilines is 1. The maximum absolute atomic E-state index is 15.5. The van der Waals surface area contributed by atoms with Gasteiger partial charge in [-0.05, 0) is 98.9 Å². The number of hydrogen-bond donors (Lipinski definition) is 2. The summed E-state index contributed by atoms with van der Waals surface area (Å²) in [5.41, 5.74) is 1.20. The van der Waals surface area contributed by atoms with Crippen LogP contribution in [-0.2, 0) is 30.8 Å². The van der Waals surface area contributed by atoms with E-state index in [4.69, 9.17) is 27.9 Å². The first kappa shape index (κ1) is 39.2. The van der Waals surface area contributed by atoms with Crippen molar-refractivity contribution in [2.45, 2.75) is 68.5 Å². The molecule has 6 atom stereocenters. The molecule has 4 amide bonds. The van der Waals surface area contributed by atoms with E-state index in [2.05, 4.69) is 42.3 Å². The zero-order valence-corrected chi connectivity index (χ0v) is 34.2. The number of hydrogen-bond acceptors (Lipinski definition) is 8. The summed E-state index contributed by atoms with van der Waals surface area (Å²) < 4.78 is 46.7. The molecule has 56 heavy (non-hydrogen) atoms. The smallest absolute Gasteiger partial charge is 0.417 e. The van der Waals surface area contributed by atoms with Crippen molar-refractivity contribution in [3.63, 3.8) is 0 Å². The van der Waals surface area contributed by atoms with Gasteiger partial charge in [0.15, 0.2) is 17.3 Å². The molecule has 3 heterocycles. The van der Waals surface area contributed by atoms with E-state index in [9.17, 15) is 32.7 Å². The van der Waals surface area contributed by atoms with E-state index in [0.29, 0.717) is 38.5 Å². The minimum absolute atomic E-state index is 0.0193. The number of carbonyl (C=O) groups is 4. The average Bonchev–Trinajstić information content (AvgIpc) is 3.55. The van der Waals surface area contributed by atoms with Gasteiger partial charge >= 0.3 is 6.18 Å². The van der Waals surface area contributed by atoms with Gasteiger partial charge in [0.1, 0.15) is 0 Å². The number of likely N-dealkylation sites (tertiary alicyclic amines) is 1. The third-order valence-corrected chi connectivity index (χ3v) is 14.9. The number of aromatic nitrogens is 1. The van der Waals surface area contributed by atoms with Gasteiger partial charge in [-0.3, -0.25) is 29.5 Å². The maximum Gasteiger partial charge on any atom is 0.417 e. The Kier molecular flexibility index (Phi) is 10.0. The van der Waals surface area contributed by atoms with Crippen molar-refractivity contribution in [2.75, 3.05) is 12.5 Å². The SMILES string of the molecule is COc1cc(C2C3=CCC4C(=O)N(C5CCCCC5)C(=O)C4C3CC3C(=O)N(Nc4ncc(C(F)(F)F)cc4Cl)C(=O)C32c2ccc(Cl)cc2)c(Br)c(Br)c1O. The quantitative estimate of drug-likeness (QED) is 0.185. The Morgan fingerprint density at radius 3 is 2.30 bits per heavy atom. The lowest BCUT2D eigenvalue weighted by Crippen LogP contribution is -2.53. The molecule has 1 aromatic heterocycles. The van der Waals surface area contributed by atoms with Crippen LogP contribution in [0.15, 0.2) is 63.2 Å². The lowest BCUT2D eigenvalue weighted by Gasteiger charge is -2.51. The van der Waals surface area contributed by atoms with Gasteiger partial charge in [0.25, 0.3) is 11.8 Å². The van der Waals surface area contributed by atoms with Gasteiger partial charge in [-0.25, -0.2) is 4.98 Å². The first-order valence-corrected chi connectivity index (χ1v) is 20.4. The third kappa shape index (κ3) is 5.88. The van der Waals surface area contributed by atoms with Crippen molar-refractivity contribution in [1.82, 2.24) is 14.9 Å². The summed E-state index contributed by atoms with van der Waals surface area (Å²) in [7, 11) is 1.37. The molecule has 4 fully saturated rings. The molecular formula is C39H33Br2Cl2F3N4O6. The number of benzene rings is 2. The second kappa shape index (κ2) is 14.3. The van der Waals surface area contributed by atoms with Crippen LogP contribution in [0.5, 0.6) is 11.5 Å². The predicted octanol–water partition coefficient (Wildman–Crippen LogP) is 8.96. The molecule has 2 aromatic carbocycles. The Labute approximate surface area is 346 Å². The Balaban J connectivity index is 1.34. The number of methoxy groups -OCH3 is 1. The molecule has 2 N–H and O–H groups in total. The highest BCUT2D eigenvalue weighted by Crippen LogP contribution is 2.66. The van der Waals surface area contributed by atoms with Crippen LogP contribution in [0.25, 0.3) is 0 Å². The van der Waals surface area contributed by atoms with E-state index in [1.54, 1.807) is 30.3 Å². The number of aromatic hydroxyl groups is 1. The number of phenols is 1. The minimum Gasteiger partial charge on any atom is -0.503 e. The molecule has 3 aromatic rings. The molecule has 0 radical (unpaired) electrons. The molecule has 17 heteroatoms. The van der Waals surface area contributed by atoms with E-state index >= 15 is 4.79 Å². The van der Waals surface area contributed by atoms with Crippen molar-refractivity contribution in [1.29, 1.82) is 0 Å². The second-order valence-corrected chi connectivity index (χ2v) is 17.3. The van der Waals surface area contributed by atoms with Crippen molar-refractivity contribution in [2.24, 2.45) is 23.7 Å².